The molecule has 1 atom stereocenters. The third kappa shape index (κ3) is 4.54. The van der Waals surface area contributed by atoms with E-state index in [1.54, 1.807) is 67.0 Å². The number of hydrogen-bond acceptors (Lipinski definition) is 5. The molecular weight excluding hydrogens is 452 g/mol. The highest BCUT2D eigenvalue weighted by molar-refractivity contribution is 6.51. The first-order valence-electron chi connectivity index (χ1n) is 11.0. The van der Waals surface area contributed by atoms with E-state index in [0.29, 0.717) is 40.1 Å². The highest BCUT2D eigenvalue weighted by Gasteiger charge is 2.47. The number of ketones is 1. The third-order valence-electron chi connectivity index (χ3n) is 5.60. The number of anilines is 1. The number of benzene rings is 2. The number of carbonyl (C=O) groups excluding carboxylic acids is 2. The van der Waals surface area contributed by atoms with Crippen molar-refractivity contribution in [3.63, 3.8) is 0 Å². The van der Waals surface area contributed by atoms with Gasteiger partial charge in [-0.25, -0.2) is 0 Å². The van der Waals surface area contributed by atoms with Gasteiger partial charge in [0, 0.05) is 28.7 Å². The molecule has 2 aromatic carbocycles. The van der Waals surface area contributed by atoms with E-state index in [4.69, 9.17) is 16.3 Å². The molecule has 34 heavy (non-hydrogen) atoms. The molecule has 2 heterocycles. The van der Waals surface area contributed by atoms with Crippen LogP contribution in [0.2, 0.25) is 5.02 Å². The number of carbonyl (C=O) groups is 2. The fraction of sp³-hybridized carbons (Fsp3) is 0.222. The van der Waals surface area contributed by atoms with Gasteiger partial charge in [0.1, 0.15) is 11.5 Å². The predicted molar refractivity (Wildman–Crippen MR) is 132 cm³/mol. The lowest BCUT2D eigenvalue weighted by atomic mass is 9.95. The average Bonchev–Trinajstić information content (AvgIpc) is 3.08. The summed E-state index contributed by atoms with van der Waals surface area (Å²) in [5.74, 6) is -0.682. The van der Waals surface area contributed by atoms with Crippen LogP contribution in [0.25, 0.3) is 5.76 Å². The molecule has 1 fully saturated rings. The molecule has 1 unspecified atom stereocenters. The van der Waals surface area contributed by atoms with Gasteiger partial charge in [-0.05, 0) is 78.6 Å². The van der Waals surface area contributed by atoms with Gasteiger partial charge in [0.2, 0.25) is 0 Å². The van der Waals surface area contributed by atoms with E-state index < -0.39 is 17.7 Å². The van der Waals surface area contributed by atoms with Crippen LogP contribution in [0, 0.1) is 12.8 Å². The van der Waals surface area contributed by atoms with Crippen LogP contribution in [-0.2, 0) is 9.59 Å². The van der Waals surface area contributed by atoms with Gasteiger partial charge in [-0.3, -0.25) is 19.5 Å². The summed E-state index contributed by atoms with van der Waals surface area (Å²) in [6.45, 7) is 6.50. The zero-order valence-electron chi connectivity index (χ0n) is 19.2. The molecule has 1 saturated heterocycles. The Morgan fingerprint density at radius 3 is 2.38 bits per heavy atom. The molecule has 1 aliphatic rings. The van der Waals surface area contributed by atoms with Crippen LogP contribution in [0.1, 0.15) is 36.6 Å². The molecule has 3 aromatic rings. The number of pyridine rings is 1. The first-order valence-corrected chi connectivity index (χ1v) is 11.4. The molecule has 1 amide bonds. The van der Waals surface area contributed by atoms with Crippen molar-refractivity contribution in [1.29, 1.82) is 0 Å². The van der Waals surface area contributed by atoms with E-state index in [9.17, 15) is 14.7 Å². The number of aryl methyl sites for hydroxylation is 1. The molecule has 6 nitrogen and oxygen atoms in total. The molecule has 1 aromatic heterocycles. The van der Waals surface area contributed by atoms with Gasteiger partial charge in [0.05, 0.1) is 18.2 Å². The van der Waals surface area contributed by atoms with E-state index in [1.165, 1.54) is 4.90 Å². The molecule has 0 radical (unpaired) electrons. The minimum atomic E-state index is -0.820. The zero-order valence-corrected chi connectivity index (χ0v) is 19.9. The second-order valence-corrected chi connectivity index (χ2v) is 9.05. The van der Waals surface area contributed by atoms with E-state index in [-0.39, 0.29) is 11.3 Å². The highest BCUT2D eigenvalue weighted by atomic mass is 35.5. The van der Waals surface area contributed by atoms with Gasteiger partial charge in [-0.1, -0.05) is 25.4 Å². The summed E-state index contributed by atoms with van der Waals surface area (Å²) < 4.78 is 5.71. The van der Waals surface area contributed by atoms with Gasteiger partial charge in [0.15, 0.2) is 0 Å². The Labute approximate surface area is 203 Å². The Hall–Kier alpha value is -3.64. The number of amides is 1. The Kier molecular flexibility index (Phi) is 6.70. The monoisotopic (exact) mass is 476 g/mol. The van der Waals surface area contributed by atoms with Crippen LogP contribution in [0.3, 0.4) is 0 Å². The van der Waals surface area contributed by atoms with Crippen LogP contribution in [0.5, 0.6) is 5.75 Å². The van der Waals surface area contributed by atoms with Crippen LogP contribution in [0.4, 0.5) is 5.69 Å². The van der Waals surface area contributed by atoms with E-state index in [1.807, 2.05) is 6.92 Å². The standard InChI is InChI=1S/C27H25ClN2O4/c1-16(2)15-34-21-7-4-19(5-8-21)25(31)23-24(18-10-12-29-13-11-18)30(27(33)26(23)32)22-9-6-20(28)14-17(22)3/h4-14,16,24,31H,15H2,1-3H3/b25-23+. The van der Waals surface area contributed by atoms with Crippen molar-refractivity contribution in [2.75, 3.05) is 11.5 Å². The number of nitrogens with zero attached hydrogens (tertiary/aromatic N) is 2. The maximum atomic E-state index is 13.2. The number of halogens is 1. The fourth-order valence-electron chi connectivity index (χ4n) is 3.96. The maximum Gasteiger partial charge on any atom is 0.300 e. The van der Waals surface area contributed by atoms with Crippen molar-refractivity contribution in [2.45, 2.75) is 26.8 Å². The smallest absolute Gasteiger partial charge is 0.300 e. The summed E-state index contributed by atoms with van der Waals surface area (Å²) in [4.78, 5) is 31.9. The van der Waals surface area contributed by atoms with E-state index >= 15 is 0 Å². The summed E-state index contributed by atoms with van der Waals surface area (Å²) in [5.41, 5.74) is 2.37. The molecule has 0 saturated carbocycles. The van der Waals surface area contributed by atoms with Crippen molar-refractivity contribution in [1.82, 2.24) is 4.98 Å². The molecule has 1 N–H and O–H groups in total. The number of rotatable bonds is 6. The lowest BCUT2D eigenvalue weighted by molar-refractivity contribution is -0.132. The minimum Gasteiger partial charge on any atom is -0.507 e. The normalized spacial score (nSPS) is 17.4. The second kappa shape index (κ2) is 9.69. The number of Topliss-reactive ketones (excluding diaryl/α,β-unsaturated/α-hetero) is 1. The number of aliphatic hydroxyl groups is 1. The maximum absolute atomic E-state index is 13.2. The predicted octanol–water partition coefficient (Wildman–Crippen LogP) is 5.70. The summed E-state index contributed by atoms with van der Waals surface area (Å²) in [6, 6.07) is 14.6. The van der Waals surface area contributed by atoms with Crippen molar-refractivity contribution < 1.29 is 19.4 Å². The molecule has 4 rings (SSSR count). The molecular formula is C27H25ClN2O4. The topological polar surface area (TPSA) is 79.7 Å². The first kappa shape index (κ1) is 23.5. The number of hydrogen-bond donors (Lipinski definition) is 1. The van der Waals surface area contributed by atoms with Gasteiger partial charge in [0.25, 0.3) is 11.7 Å². The van der Waals surface area contributed by atoms with Crippen LogP contribution in [0.15, 0.2) is 72.6 Å². The van der Waals surface area contributed by atoms with Crippen molar-refractivity contribution in [3.05, 3.63) is 94.3 Å². The van der Waals surface area contributed by atoms with Crippen molar-refractivity contribution >= 4 is 34.7 Å². The van der Waals surface area contributed by atoms with Crippen molar-refractivity contribution in [3.8, 4) is 5.75 Å². The summed E-state index contributed by atoms with van der Waals surface area (Å²) in [5, 5.41) is 11.8. The average molecular weight is 477 g/mol. The van der Waals surface area contributed by atoms with Crippen molar-refractivity contribution in [2.24, 2.45) is 5.92 Å². The van der Waals surface area contributed by atoms with Crippen LogP contribution in [-0.4, -0.2) is 28.4 Å². The Balaban J connectivity index is 1.82. The number of aliphatic hydroxyl groups excluding tert-OH is 1. The third-order valence-corrected chi connectivity index (χ3v) is 5.83. The van der Waals surface area contributed by atoms with Gasteiger partial charge in [-0.15, -0.1) is 0 Å². The van der Waals surface area contributed by atoms with Gasteiger partial charge in [-0.2, -0.15) is 0 Å². The van der Waals surface area contributed by atoms with Gasteiger partial charge >= 0.3 is 0 Å². The highest BCUT2D eigenvalue weighted by Crippen LogP contribution is 2.43. The number of ether oxygens (including phenoxy) is 1. The second-order valence-electron chi connectivity index (χ2n) is 8.61. The van der Waals surface area contributed by atoms with Crippen LogP contribution >= 0.6 is 11.6 Å². The molecule has 0 bridgehead atoms. The molecule has 1 aliphatic heterocycles. The molecule has 174 valence electrons. The lowest BCUT2D eigenvalue weighted by Gasteiger charge is -2.26. The first-order chi connectivity index (χ1) is 16.3. The molecule has 0 spiro atoms. The SMILES string of the molecule is Cc1cc(Cl)ccc1N1C(=O)C(=O)/C(=C(/O)c2ccc(OCC(C)C)cc2)C1c1ccncc1. The molecule has 0 aliphatic carbocycles. The lowest BCUT2D eigenvalue weighted by Crippen LogP contribution is -2.30. The van der Waals surface area contributed by atoms with Gasteiger partial charge < -0.3 is 9.84 Å². The quantitative estimate of drug-likeness (QED) is 0.280. The largest absolute Gasteiger partial charge is 0.507 e. The number of aromatic nitrogens is 1. The van der Waals surface area contributed by atoms with E-state index in [2.05, 4.69) is 18.8 Å². The Morgan fingerprint density at radius 1 is 1.09 bits per heavy atom. The summed E-state index contributed by atoms with van der Waals surface area (Å²) >= 11 is 6.12. The minimum absolute atomic E-state index is 0.0152. The summed E-state index contributed by atoms with van der Waals surface area (Å²) in [7, 11) is 0. The van der Waals surface area contributed by atoms with E-state index in [0.717, 1.165) is 5.56 Å². The summed E-state index contributed by atoms with van der Waals surface area (Å²) in [6.07, 6.45) is 3.18. The Bertz CT molecular complexity index is 1250. The van der Waals surface area contributed by atoms with Crippen LogP contribution < -0.4 is 9.64 Å². The Morgan fingerprint density at radius 2 is 1.76 bits per heavy atom. The fourth-order valence-corrected chi connectivity index (χ4v) is 4.19. The molecule has 7 heteroatoms. The zero-order chi connectivity index (χ0) is 24.4.